The minimum atomic E-state index is -2.31. The number of hydroxylamine groups is 2. The van der Waals surface area contributed by atoms with Gasteiger partial charge in [0.1, 0.15) is 12.4 Å². The lowest BCUT2D eigenvalue weighted by atomic mass is 9.44. The van der Waals surface area contributed by atoms with Crippen molar-refractivity contribution >= 4 is 17.7 Å². The Morgan fingerprint density at radius 2 is 1.97 bits per heavy atom. The Labute approximate surface area is 205 Å². The van der Waals surface area contributed by atoms with E-state index >= 15 is 8.78 Å². The molecule has 5 aliphatic rings. The number of carboxylic acid groups (broad SMARTS) is 1. The maximum Gasteiger partial charge on any atom is 0.339 e. The summed E-state index contributed by atoms with van der Waals surface area (Å²) >= 11 is 0. The second kappa shape index (κ2) is 7.13. The van der Waals surface area contributed by atoms with Crippen molar-refractivity contribution in [1.82, 2.24) is 5.06 Å². The van der Waals surface area contributed by atoms with Gasteiger partial charge in [-0.2, -0.15) is 0 Å². The fourth-order valence-corrected chi connectivity index (χ4v) is 8.26. The highest BCUT2D eigenvalue weighted by Gasteiger charge is 2.80. The quantitative estimate of drug-likeness (QED) is 0.637. The first-order chi connectivity index (χ1) is 16.9. The SMILES string of the molecule is C[C@]12C=CC(=O)C=C1[C@@H](F)C[C@H]1[C@@H]3C[C@H]4CN(C(=O)c5ccoc5)O[C@@]4(C(=O)O)[C@@]3(C)C[C@H](O)[C@@]12F. The van der Waals surface area contributed by atoms with Gasteiger partial charge < -0.3 is 14.6 Å². The number of furan rings is 1. The number of fused-ring (bicyclic) bond motifs is 7. The molecule has 8 nitrogen and oxygen atoms in total. The van der Waals surface area contributed by atoms with Crippen LogP contribution in [0.1, 0.15) is 43.5 Å². The lowest BCUT2D eigenvalue weighted by molar-refractivity contribution is -0.261. The molecule has 2 heterocycles. The smallest absolute Gasteiger partial charge is 0.339 e. The van der Waals surface area contributed by atoms with Gasteiger partial charge in [-0.25, -0.2) is 18.6 Å². The number of rotatable bonds is 2. The molecule has 1 aromatic rings. The maximum absolute atomic E-state index is 17.2. The fourth-order valence-electron chi connectivity index (χ4n) is 8.26. The number of alkyl halides is 2. The van der Waals surface area contributed by atoms with Crippen LogP contribution in [-0.2, 0) is 14.4 Å². The maximum atomic E-state index is 17.2. The first-order valence-corrected chi connectivity index (χ1v) is 12.1. The molecule has 36 heavy (non-hydrogen) atoms. The molecular formula is C26H27F2NO7. The van der Waals surface area contributed by atoms with E-state index < -0.39 is 69.8 Å². The Morgan fingerprint density at radius 1 is 1.22 bits per heavy atom. The van der Waals surface area contributed by atoms with Crippen LogP contribution in [-0.4, -0.2) is 63.0 Å². The van der Waals surface area contributed by atoms with Crippen molar-refractivity contribution in [3.8, 4) is 0 Å². The van der Waals surface area contributed by atoms with Crippen LogP contribution in [0.5, 0.6) is 0 Å². The summed E-state index contributed by atoms with van der Waals surface area (Å²) in [4.78, 5) is 43.7. The summed E-state index contributed by atoms with van der Waals surface area (Å²) in [5.74, 6) is -4.65. The summed E-state index contributed by atoms with van der Waals surface area (Å²) in [6.07, 6.45) is 2.59. The molecule has 3 saturated carbocycles. The number of allylic oxidation sites excluding steroid dienone is 4. The fraction of sp³-hybridized carbons (Fsp3) is 0.577. The molecule has 0 spiro atoms. The van der Waals surface area contributed by atoms with E-state index in [1.807, 2.05) is 0 Å². The van der Waals surface area contributed by atoms with E-state index in [9.17, 15) is 24.6 Å². The van der Waals surface area contributed by atoms with Gasteiger partial charge in [-0.3, -0.25) is 14.4 Å². The zero-order chi connectivity index (χ0) is 25.8. The van der Waals surface area contributed by atoms with E-state index in [4.69, 9.17) is 9.25 Å². The summed E-state index contributed by atoms with van der Waals surface area (Å²) in [5.41, 5.74) is -6.85. The second-order valence-electron chi connectivity index (χ2n) is 11.3. The van der Waals surface area contributed by atoms with Gasteiger partial charge in [0.25, 0.3) is 5.91 Å². The van der Waals surface area contributed by atoms with Crippen LogP contribution < -0.4 is 0 Å². The van der Waals surface area contributed by atoms with Crippen molar-refractivity contribution in [1.29, 1.82) is 0 Å². The number of aliphatic carboxylic acids is 1. The van der Waals surface area contributed by atoms with Crippen LogP contribution in [0.15, 0.2) is 46.8 Å². The van der Waals surface area contributed by atoms with Gasteiger partial charge in [-0.15, -0.1) is 0 Å². The molecular weight excluding hydrogens is 476 g/mol. The van der Waals surface area contributed by atoms with Gasteiger partial charge in [0.05, 0.1) is 24.5 Å². The van der Waals surface area contributed by atoms with Crippen LogP contribution in [0, 0.1) is 28.6 Å². The van der Waals surface area contributed by atoms with Gasteiger partial charge in [-0.05, 0) is 55.9 Å². The Morgan fingerprint density at radius 3 is 2.64 bits per heavy atom. The number of carbonyl (C=O) groups is 3. The van der Waals surface area contributed by atoms with E-state index in [2.05, 4.69) is 0 Å². The number of ketones is 1. The normalized spacial score (nSPS) is 47.0. The summed E-state index contributed by atoms with van der Waals surface area (Å²) < 4.78 is 37.8. The van der Waals surface area contributed by atoms with Crippen molar-refractivity contribution in [3.05, 3.63) is 48.0 Å². The zero-order valence-electron chi connectivity index (χ0n) is 19.8. The minimum Gasteiger partial charge on any atom is -0.479 e. The highest BCUT2D eigenvalue weighted by atomic mass is 19.1. The highest BCUT2D eigenvalue weighted by molar-refractivity contribution is 6.01. The molecule has 192 valence electrons. The number of hydrogen-bond acceptors (Lipinski definition) is 6. The van der Waals surface area contributed by atoms with Gasteiger partial charge in [0.15, 0.2) is 11.5 Å². The van der Waals surface area contributed by atoms with Gasteiger partial charge in [-0.1, -0.05) is 13.0 Å². The second-order valence-corrected chi connectivity index (χ2v) is 11.3. The predicted octanol–water partition coefficient (Wildman–Crippen LogP) is 3.04. The van der Waals surface area contributed by atoms with Crippen molar-refractivity contribution in [2.24, 2.45) is 28.6 Å². The van der Waals surface area contributed by atoms with Gasteiger partial charge >= 0.3 is 5.97 Å². The zero-order valence-corrected chi connectivity index (χ0v) is 19.8. The third-order valence-electron chi connectivity index (χ3n) is 9.93. The molecule has 1 amide bonds. The monoisotopic (exact) mass is 503 g/mol. The molecule has 6 rings (SSSR count). The average Bonchev–Trinajstić information content (AvgIpc) is 3.53. The number of nitrogens with zero attached hydrogens (tertiary/aromatic N) is 1. The molecule has 1 aliphatic heterocycles. The van der Waals surface area contributed by atoms with E-state index in [0.717, 1.165) is 11.1 Å². The first-order valence-electron chi connectivity index (χ1n) is 12.1. The van der Waals surface area contributed by atoms with Crippen LogP contribution in [0.3, 0.4) is 0 Å². The van der Waals surface area contributed by atoms with Gasteiger partial charge in [0, 0.05) is 22.7 Å². The molecule has 0 radical (unpaired) electrons. The predicted molar refractivity (Wildman–Crippen MR) is 119 cm³/mol. The number of carboxylic acids is 1. The number of aliphatic hydroxyl groups is 1. The summed E-state index contributed by atoms with van der Waals surface area (Å²) in [6.45, 7) is 3.10. The largest absolute Gasteiger partial charge is 0.479 e. The van der Waals surface area contributed by atoms with Crippen LogP contribution in [0.25, 0.3) is 0 Å². The Balaban J connectivity index is 1.42. The molecule has 4 fully saturated rings. The van der Waals surface area contributed by atoms with Crippen molar-refractivity contribution in [2.75, 3.05) is 6.54 Å². The third-order valence-corrected chi connectivity index (χ3v) is 9.93. The van der Waals surface area contributed by atoms with Crippen LogP contribution in [0.4, 0.5) is 8.78 Å². The third kappa shape index (κ3) is 2.51. The topological polar surface area (TPSA) is 117 Å². The molecule has 2 N–H and O–H groups in total. The molecule has 10 heteroatoms. The average molecular weight is 503 g/mol. The van der Waals surface area contributed by atoms with E-state index in [1.54, 1.807) is 6.92 Å². The van der Waals surface area contributed by atoms with Gasteiger partial charge in [0.2, 0.25) is 5.60 Å². The number of hydrogen-bond donors (Lipinski definition) is 2. The first kappa shape index (κ1) is 23.5. The molecule has 1 aromatic heterocycles. The lowest BCUT2D eigenvalue weighted by Gasteiger charge is -2.62. The van der Waals surface area contributed by atoms with Crippen LogP contribution in [0.2, 0.25) is 0 Å². The number of aliphatic hydroxyl groups excluding tert-OH is 1. The standard InChI is InChI=1S/C26H27F2NO7/c1-23-5-3-15(30)8-18(23)19(27)9-17-16-7-14-11-29(21(32)13-4-6-35-12-13)36-26(14,22(33)34)24(16,2)10-20(31)25(17,23)28/h3-6,8,12,14,16-17,19-20,31H,7,9-11H2,1-2H3,(H,33,34)/t14-,16-,17-,19-,20-,23-,24-,25-,26-/m0/s1. The number of amides is 1. The van der Waals surface area contributed by atoms with Crippen molar-refractivity contribution < 1.29 is 42.6 Å². The van der Waals surface area contributed by atoms with Crippen LogP contribution >= 0.6 is 0 Å². The molecule has 0 unspecified atom stereocenters. The van der Waals surface area contributed by atoms with E-state index in [-0.39, 0.29) is 36.9 Å². The highest BCUT2D eigenvalue weighted by Crippen LogP contribution is 2.72. The Hall–Kier alpha value is -2.85. The molecule has 1 saturated heterocycles. The van der Waals surface area contributed by atoms with E-state index in [0.29, 0.717) is 0 Å². The summed E-state index contributed by atoms with van der Waals surface area (Å²) in [6, 6.07) is 1.44. The minimum absolute atomic E-state index is 0.00989. The van der Waals surface area contributed by atoms with E-state index in [1.165, 1.54) is 37.7 Å². The summed E-state index contributed by atoms with van der Waals surface area (Å²) in [5, 5.41) is 22.9. The Kier molecular flexibility index (Phi) is 4.66. The Bertz CT molecular complexity index is 1230. The molecule has 0 aromatic carbocycles. The number of carbonyl (C=O) groups excluding carboxylic acids is 2. The summed E-state index contributed by atoms with van der Waals surface area (Å²) in [7, 11) is 0. The number of halogens is 2. The lowest BCUT2D eigenvalue weighted by Crippen LogP contribution is -2.70. The van der Waals surface area contributed by atoms with Crippen molar-refractivity contribution in [2.45, 2.75) is 56.7 Å². The molecule has 9 atom stereocenters. The molecule has 4 aliphatic carbocycles. The van der Waals surface area contributed by atoms with Crippen molar-refractivity contribution in [3.63, 3.8) is 0 Å². The molecule has 0 bridgehead atoms.